The summed E-state index contributed by atoms with van der Waals surface area (Å²) in [5.74, 6) is -1.73. The number of nitrogens with one attached hydrogen (secondary N) is 1. The first-order chi connectivity index (χ1) is 6.68. The molecule has 0 aromatic heterocycles. The Balaban J connectivity index is 2.37. The van der Waals surface area contributed by atoms with Gasteiger partial charge in [-0.15, -0.1) is 0 Å². The van der Waals surface area contributed by atoms with Crippen LogP contribution in [0.1, 0.15) is 24.4 Å². The molecule has 0 bridgehead atoms. The summed E-state index contributed by atoms with van der Waals surface area (Å²) in [5.41, 5.74) is 0.656. The third kappa shape index (κ3) is 1.74. The molecule has 1 aliphatic rings. The first-order valence-corrected chi connectivity index (χ1v) is 4.94. The van der Waals surface area contributed by atoms with Gasteiger partial charge in [-0.2, -0.15) is 0 Å². The van der Waals surface area contributed by atoms with Crippen molar-refractivity contribution in [2.75, 3.05) is 6.54 Å². The molecule has 1 fully saturated rings. The number of halogens is 3. The van der Waals surface area contributed by atoms with Crippen molar-refractivity contribution < 1.29 is 8.78 Å². The maximum Gasteiger partial charge on any atom is 0.160 e. The number of hydrogen-bond acceptors (Lipinski definition) is 1. The zero-order chi connectivity index (χ0) is 10.1. The fourth-order valence-electron chi connectivity index (χ4n) is 1.75. The fourth-order valence-corrected chi connectivity index (χ4v) is 2.04. The zero-order valence-electron chi connectivity index (χ0n) is 7.49. The molecular formula is C10H10ClF2N. The second-order valence-corrected chi connectivity index (χ2v) is 3.84. The third-order valence-corrected chi connectivity index (χ3v) is 2.80. The van der Waals surface area contributed by atoms with Crippen LogP contribution in [0.5, 0.6) is 0 Å². The van der Waals surface area contributed by atoms with E-state index in [9.17, 15) is 8.78 Å². The standard InChI is InChI=1S/C10H10ClF2N/c11-7-5-9(13)8(12)4-6(7)10-2-1-3-14-10/h4-5,10,14H,1-3H2/t10-/m1/s1. The lowest BCUT2D eigenvalue weighted by atomic mass is 10.1. The van der Waals surface area contributed by atoms with Crippen LogP contribution in [0, 0.1) is 11.6 Å². The van der Waals surface area contributed by atoms with E-state index < -0.39 is 11.6 Å². The van der Waals surface area contributed by atoms with Crippen LogP contribution < -0.4 is 5.32 Å². The Hall–Kier alpha value is -0.670. The molecule has 76 valence electrons. The second kappa shape index (κ2) is 3.83. The Kier molecular flexibility index (Phi) is 2.70. The van der Waals surface area contributed by atoms with Crippen LogP contribution in [0.3, 0.4) is 0 Å². The van der Waals surface area contributed by atoms with E-state index in [0.717, 1.165) is 25.5 Å². The van der Waals surface area contributed by atoms with Gasteiger partial charge in [-0.25, -0.2) is 8.78 Å². The van der Waals surface area contributed by atoms with Gasteiger partial charge in [-0.05, 0) is 37.1 Å². The lowest BCUT2D eigenvalue weighted by Gasteiger charge is -2.12. The molecule has 0 unspecified atom stereocenters. The van der Waals surface area contributed by atoms with Gasteiger partial charge < -0.3 is 5.32 Å². The van der Waals surface area contributed by atoms with E-state index in [0.29, 0.717) is 10.6 Å². The quantitative estimate of drug-likeness (QED) is 0.713. The molecule has 1 nitrogen and oxygen atoms in total. The van der Waals surface area contributed by atoms with E-state index in [4.69, 9.17) is 11.6 Å². The van der Waals surface area contributed by atoms with Crippen molar-refractivity contribution in [1.82, 2.24) is 5.32 Å². The molecule has 0 aliphatic carbocycles. The average molecular weight is 218 g/mol. The molecule has 0 amide bonds. The molecule has 1 aromatic rings. The summed E-state index contributed by atoms with van der Waals surface area (Å²) in [7, 11) is 0. The third-order valence-electron chi connectivity index (χ3n) is 2.48. The highest BCUT2D eigenvalue weighted by Gasteiger charge is 2.20. The van der Waals surface area contributed by atoms with Gasteiger partial charge in [0.15, 0.2) is 11.6 Å². The van der Waals surface area contributed by atoms with Gasteiger partial charge in [-0.1, -0.05) is 11.6 Å². The number of hydrogen-bond donors (Lipinski definition) is 1. The van der Waals surface area contributed by atoms with Gasteiger partial charge in [0, 0.05) is 11.1 Å². The van der Waals surface area contributed by atoms with Crippen LogP contribution in [-0.4, -0.2) is 6.54 Å². The van der Waals surface area contributed by atoms with Crippen molar-refractivity contribution in [2.45, 2.75) is 18.9 Å². The highest BCUT2D eigenvalue weighted by molar-refractivity contribution is 6.31. The van der Waals surface area contributed by atoms with E-state index in [-0.39, 0.29) is 6.04 Å². The second-order valence-electron chi connectivity index (χ2n) is 3.44. The van der Waals surface area contributed by atoms with Crippen LogP contribution in [0.2, 0.25) is 5.02 Å². The van der Waals surface area contributed by atoms with Crippen LogP contribution in [0.4, 0.5) is 8.78 Å². The molecule has 0 radical (unpaired) electrons. The van der Waals surface area contributed by atoms with Gasteiger partial charge in [-0.3, -0.25) is 0 Å². The molecule has 1 N–H and O–H groups in total. The summed E-state index contributed by atoms with van der Waals surface area (Å²) in [6.45, 7) is 0.903. The first kappa shape index (κ1) is 9.87. The highest BCUT2D eigenvalue weighted by atomic mass is 35.5. The summed E-state index contributed by atoms with van der Waals surface area (Å²) in [6.07, 6.45) is 1.96. The molecule has 1 saturated heterocycles. The van der Waals surface area contributed by atoms with Crippen LogP contribution in [0.15, 0.2) is 12.1 Å². The van der Waals surface area contributed by atoms with Crippen LogP contribution in [0.25, 0.3) is 0 Å². The maximum atomic E-state index is 13.0. The van der Waals surface area contributed by atoms with Crippen molar-refractivity contribution in [2.24, 2.45) is 0 Å². The van der Waals surface area contributed by atoms with Crippen molar-refractivity contribution in [3.8, 4) is 0 Å². The lowest BCUT2D eigenvalue weighted by Crippen LogP contribution is -2.13. The highest BCUT2D eigenvalue weighted by Crippen LogP contribution is 2.30. The predicted octanol–water partition coefficient (Wildman–Crippen LogP) is 3.04. The molecule has 14 heavy (non-hydrogen) atoms. The Morgan fingerprint density at radius 3 is 2.64 bits per heavy atom. The summed E-state index contributed by atoms with van der Waals surface area (Å²) in [6, 6.07) is 2.28. The smallest absolute Gasteiger partial charge is 0.160 e. The van der Waals surface area contributed by atoms with Gasteiger partial charge in [0.1, 0.15) is 0 Å². The van der Waals surface area contributed by atoms with Crippen molar-refractivity contribution >= 4 is 11.6 Å². The van der Waals surface area contributed by atoms with Gasteiger partial charge in [0.2, 0.25) is 0 Å². The van der Waals surface area contributed by atoms with Crippen molar-refractivity contribution in [3.63, 3.8) is 0 Å². The van der Waals surface area contributed by atoms with Crippen LogP contribution >= 0.6 is 11.6 Å². The summed E-state index contributed by atoms with van der Waals surface area (Å²) in [4.78, 5) is 0. The topological polar surface area (TPSA) is 12.0 Å². The monoisotopic (exact) mass is 217 g/mol. The van der Waals surface area contributed by atoms with Crippen molar-refractivity contribution in [3.05, 3.63) is 34.4 Å². The molecule has 2 rings (SSSR count). The van der Waals surface area contributed by atoms with E-state index in [1.54, 1.807) is 0 Å². The molecule has 0 saturated carbocycles. The fraction of sp³-hybridized carbons (Fsp3) is 0.400. The number of benzene rings is 1. The minimum Gasteiger partial charge on any atom is -0.310 e. The largest absolute Gasteiger partial charge is 0.310 e. The molecule has 1 atom stereocenters. The Labute approximate surface area is 86.1 Å². The van der Waals surface area contributed by atoms with E-state index in [2.05, 4.69) is 5.32 Å². The summed E-state index contributed by atoms with van der Waals surface area (Å²) >= 11 is 5.83. The van der Waals surface area contributed by atoms with Crippen LogP contribution in [-0.2, 0) is 0 Å². The molecule has 1 aromatic carbocycles. The van der Waals surface area contributed by atoms with E-state index in [1.165, 1.54) is 6.07 Å². The lowest BCUT2D eigenvalue weighted by molar-refractivity contribution is 0.503. The molecule has 4 heteroatoms. The normalized spacial score (nSPS) is 21.5. The minimum atomic E-state index is -0.892. The Morgan fingerprint density at radius 2 is 2.00 bits per heavy atom. The van der Waals surface area contributed by atoms with E-state index in [1.807, 2.05) is 0 Å². The number of rotatable bonds is 1. The van der Waals surface area contributed by atoms with Gasteiger partial charge in [0.05, 0.1) is 0 Å². The minimum absolute atomic E-state index is 0.0672. The first-order valence-electron chi connectivity index (χ1n) is 4.56. The molecule has 0 spiro atoms. The zero-order valence-corrected chi connectivity index (χ0v) is 8.24. The average Bonchev–Trinajstić information content (AvgIpc) is 2.64. The Bertz CT molecular complexity index is 348. The summed E-state index contributed by atoms with van der Waals surface area (Å²) in [5, 5.41) is 3.48. The van der Waals surface area contributed by atoms with Gasteiger partial charge in [0.25, 0.3) is 0 Å². The predicted molar refractivity (Wildman–Crippen MR) is 51.3 cm³/mol. The molecular weight excluding hydrogens is 208 g/mol. The molecule has 1 heterocycles. The summed E-state index contributed by atoms with van der Waals surface area (Å²) < 4.78 is 25.7. The Morgan fingerprint density at radius 1 is 1.29 bits per heavy atom. The molecule has 1 aliphatic heterocycles. The van der Waals surface area contributed by atoms with Gasteiger partial charge >= 0.3 is 0 Å². The van der Waals surface area contributed by atoms with Crippen molar-refractivity contribution in [1.29, 1.82) is 0 Å². The van der Waals surface area contributed by atoms with E-state index >= 15 is 0 Å². The maximum absolute atomic E-state index is 13.0. The SMILES string of the molecule is Fc1cc(Cl)c([C@H]2CCCN2)cc1F.